The molecule has 0 bridgehead atoms. The highest BCUT2D eigenvalue weighted by Gasteiger charge is 2.07. The van der Waals surface area contributed by atoms with Crippen molar-refractivity contribution in [2.45, 2.75) is 32.7 Å². The Morgan fingerprint density at radius 1 is 1.31 bits per heavy atom. The van der Waals surface area contributed by atoms with Crippen molar-refractivity contribution in [1.82, 2.24) is 0 Å². The van der Waals surface area contributed by atoms with Gasteiger partial charge in [-0.3, -0.25) is 0 Å². The third kappa shape index (κ3) is 4.29. The van der Waals surface area contributed by atoms with E-state index in [4.69, 9.17) is 10.5 Å². The first-order valence-electron chi connectivity index (χ1n) is 5.74. The van der Waals surface area contributed by atoms with Crippen LogP contribution in [0, 0.1) is 12.7 Å². The summed E-state index contributed by atoms with van der Waals surface area (Å²) < 4.78 is 18.5. The molecule has 1 aromatic carbocycles. The Morgan fingerprint density at radius 2 is 2.06 bits per heavy atom. The van der Waals surface area contributed by atoms with Crippen LogP contribution in [0.4, 0.5) is 4.39 Å². The Labute approximate surface area is 96.6 Å². The second-order valence-electron chi connectivity index (χ2n) is 4.07. The molecule has 2 N–H and O–H groups in total. The van der Waals surface area contributed by atoms with E-state index in [0.717, 1.165) is 30.6 Å². The zero-order valence-corrected chi connectivity index (χ0v) is 10.0. The van der Waals surface area contributed by atoms with Crippen LogP contribution < -0.4 is 5.73 Å². The van der Waals surface area contributed by atoms with Gasteiger partial charge >= 0.3 is 0 Å². The molecule has 0 saturated heterocycles. The summed E-state index contributed by atoms with van der Waals surface area (Å²) in [7, 11) is 0. The molecule has 1 rings (SSSR count). The number of hydrogen-bond acceptors (Lipinski definition) is 2. The summed E-state index contributed by atoms with van der Waals surface area (Å²) in [6.45, 7) is 5.32. The SMILES string of the molecule is CCCOCCC(N)c1cc(C)cc(F)c1. The Kier molecular flexibility index (Phi) is 5.43. The summed E-state index contributed by atoms with van der Waals surface area (Å²) in [5.41, 5.74) is 7.72. The molecule has 1 unspecified atom stereocenters. The predicted octanol–water partition coefficient (Wildman–Crippen LogP) is 2.95. The van der Waals surface area contributed by atoms with Gasteiger partial charge in [-0.2, -0.15) is 0 Å². The normalized spacial score (nSPS) is 12.8. The second-order valence-corrected chi connectivity index (χ2v) is 4.07. The van der Waals surface area contributed by atoms with Gasteiger partial charge in [0.05, 0.1) is 0 Å². The van der Waals surface area contributed by atoms with Crippen LogP contribution in [0.5, 0.6) is 0 Å². The first-order chi connectivity index (χ1) is 7.63. The Bertz CT molecular complexity index is 307. The molecular weight excluding hydrogens is 205 g/mol. The van der Waals surface area contributed by atoms with Crippen molar-refractivity contribution < 1.29 is 9.13 Å². The quantitative estimate of drug-likeness (QED) is 0.755. The first kappa shape index (κ1) is 13.1. The first-order valence-corrected chi connectivity index (χ1v) is 5.74. The monoisotopic (exact) mass is 225 g/mol. The molecule has 1 aromatic rings. The molecule has 0 aromatic heterocycles. The Hall–Kier alpha value is -0.930. The minimum absolute atomic E-state index is 0.147. The van der Waals surface area contributed by atoms with Crippen LogP contribution in [0.25, 0.3) is 0 Å². The zero-order chi connectivity index (χ0) is 12.0. The third-order valence-corrected chi connectivity index (χ3v) is 2.41. The van der Waals surface area contributed by atoms with Gasteiger partial charge in [-0.1, -0.05) is 13.0 Å². The van der Waals surface area contributed by atoms with Gasteiger partial charge < -0.3 is 10.5 Å². The number of nitrogens with two attached hydrogens (primary N) is 1. The lowest BCUT2D eigenvalue weighted by Crippen LogP contribution is -2.13. The average molecular weight is 225 g/mol. The van der Waals surface area contributed by atoms with Crippen molar-refractivity contribution >= 4 is 0 Å². The van der Waals surface area contributed by atoms with Gasteiger partial charge in [0, 0.05) is 19.3 Å². The molecule has 1 atom stereocenters. The molecular formula is C13H20FNO. The van der Waals surface area contributed by atoms with E-state index < -0.39 is 0 Å². The molecule has 16 heavy (non-hydrogen) atoms. The van der Waals surface area contributed by atoms with E-state index in [2.05, 4.69) is 6.92 Å². The number of rotatable bonds is 6. The summed E-state index contributed by atoms with van der Waals surface area (Å²) >= 11 is 0. The highest BCUT2D eigenvalue weighted by atomic mass is 19.1. The highest BCUT2D eigenvalue weighted by Crippen LogP contribution is 2.17. The standard InChI is InChI=1S/C13H20FNO/c1-3-5-16-6-4-13(15)11-7-10(2)8-12(14)9-11/h7-9,13H,3-6,15H2,1-2H3. The molecule has 0 aliphatic heterocycles. The molecule has 0 fully saturated rings. The summed E-state index contributed by atoms with van der Waals surface area (Å²) in [6, 6.07) is 4.78. The topological polar surface area (TPSA) is 35.2 Å². The van der Waals surface area contributed by atoms with Crippen molar-refractivity contribution in [3.05, 3.63) is 35.1 Å². The third-order valence-electron chi connectivity index (χ3n) is 2.41. The lowest BCUT2D eigenvalue weighted by molar-refractivity contribution is 0.128. The van der Waals surface area contributed by atoms with Crippen molar-refractivity contribution in [3.8, 4) is 0 Å². The molecule has 90 valence electrons. The van der Waals surface area contributed by atoms with E-state index in [-0.39, 0.29) is 11.9 Å². The Balaban J connectivity index is 2.48. The summed E-state index contributed by atoms with van der Waals surface area (Å²) in [5.74, 6) is -0.222. The van der Waals surface area contributed by atoms with E-state index in [1.165, 1.54) is 12.1 Å². The van der Waals surface area contributed by atoms with Gasteiger partial charge in [-0.15, -0.1) is 0 Å². The van der Waals surface area contributed by atoms with Crippen LogP contribution in [0.3, 0.4) is 0 Å². The molecule has 0 spiro atoms. The second kappa shape index (κ2) is 6.61. The smallest absolute Gasteiger partial charge is 0.123 e. The summed E-state index contributed by atoms with van der Waals surface area (Å²) in [4.78, 5) is 0. The Morgan fingerprint density at radius 3 is 2.69 bits per heavy atom. The van der Waals surface area contributed by atoms with Crippen LogP contribution in [-0.2, 0) is 4.74 Å². The lowest BCUT2D eigenvalue weighted by atomic mass is 10.0. The van der Waals surface area contributed by atoms with E-state index in [1.54, 1.807) is 0 Å². The number of ether oxygens (including phenoxy) is 1. The molecule has 0 radical (unpaired) electrons. The molecule has 3 heteroatoms. The predicted molar refractivity (Wildman–Crippen MR) is 63.8 cm³/mol. The van der Waals surface area contributed by atoms with Gasteiger partial charge in [0.25, 0.3) is 0 Å². The van der Waals surface area contributed by atoms with E-state index >= 15 is 0 Å². The average Bonchev–Trinajstić information content (AvgIpc) is 2.22. The van der Waals surface area contributed by atoms with Crippen molar-refractivity contribution in [1.29, 1.82) is 0 Å². The van der Waals surface area contributed by atoms with Crippen LogP contribution in [0.1, 0.15) is 36.9 Å². The molecule has 0 aliphatic carbocycles. The molecule has 0 amide bonds. The van der Waals surface area contributed by atoms with E-state index in [0.29, 0.717) is 6.61 Å². The van der Waals surface area contributed by atoms with Crippen molar-refractivity contribution in [2.75, 3.05) is 13.2 Å². The van der Waals surface area contributed by atoms with Crippen LogP contribution in [0.15, 0.2) is 18.2 Å². The zero-order valence-electron chi connectivity index (χ0n) is 10.0. The highest BCUT2D eigenvalue weighted by molar-refractivity contribution is 5.25. The molecule has 0 heterocycles. The van der Waals surface area contributed by atoms with Gasteiger partial charge in [-0.25, -0.2) is 4.39 Å². The fraction of sp³-hybridized carbons (Fsp3) is 0.538. The van der Waals surface area contributed by atoms with E-state index in [1.807, 2.05) is 13.0 Å². The van der Waals surface area contributed by atoms with Gasteiger partial charge in [0.15, 0.2) is 0 Å². The fourth-order valence-electron chi connectivity index (χ4n) is 1.60. The van der Waals surface area contributed by atoms with Crippen LogP contribution >= 0.6 is 0 Å². The lowest BCUT2D eigenvalue weighted by Gasteiger charge is -2.13. The van der Waals surface area contributed by atoms with Crippen LogP contribution in [-0.4, -0.2) is 13.2 Å². The van der Waals surface area contributed by atoms with E-state index in [9.17, 15) is 4.39 Å². The minimum Gasteiger partial charge on any atom is -0.381 e. The summed E-state index contributed by atoms with van der Waals surface area (Å²) in [6.07, 6.45) is 1.73. The maximum Gasteiger partial charge on any atom is 0.123 e. The fourth-order valence-corrected chi connectivity index (χ4v) is 1.60. The van der Waals surface area contributed by atoms with Gasteiger partial charge in [-0.05, 0) is 43.0 Å². The number of halogens is 1. The number of aryl methyl sites for hydroxylation is 1. The minimum atomic E-state index is -0.222. The van der Waals surface area contributed by atoms with Crippen molar-refractivity contribution in [2.24, 2.45) is 5.73 Å². The van der Waals surface area contributed by atoms with Gasteiger partial charge in [0.2, 0.25) is 0 Å². The number of hydrogen-bond donors (Lipinski definition) is 1. The molecule has 2 nitrogen and oxygen atoms in total. The van der Waals surface area contributed by atoms with Gasteiger partial charge in [0.1, 0.15) is 5.82 Å². The van der Waals surface area contributed by atoms with Crippen molar-refractivity contribution in [3.63, 3.8) is 0 Å². The summed E-state index contributed by atoms with van der Waals surface area (Å²) in [5, 5.41) is 0. The maximum atomic E-state index is 13.1. The number of benzene rings is 1. The van der Waals surface area contributed by atoms with Crippen LogP contribution in [0.2, 0.25) is 0 Å². The molecule has 0 saturated carbocycles. The molecule has 0 aliphatic rings. The largest absolute Gasteiger partial charge is 0.381 e. The maximum absolute atomic E-state index is 13.1.